The summed E-state index contributed by atoms with van der Waals surface area (Å²) in [5, 5.41) is 0. The summed E-state index contributed by atoms with van der Waals surface area (Å²) in [7, 11) is 0. The van der Waals surface area contributed by atoms with Crippen molar-refractivity contribution in [1.29, 1.82) is 0 Å². The predicted molar refractivity (Wildman–Crippen MR) is 85.9 cm³/mol. The van der Waals surface area contributed by atoms with Crippen molar-refractivity contribution in [1.82, 2.24) is 4.90 Å². The van der Waals surface area contributed by atoms with E-state index >= 15 is 0 Å². The van der Waals surface area contributed by atoms with Gasteiger partial charge in [0.05, 0.1) is 0 Å². The van der Waals surface area contributed by atoms with Crippen LogP contribution in [0.3, 0.4) is 0 Å². The molecule has 0 unspecified atom stereocenters. The van der Waals surface area contributed by atoms with Crippen molar-refractivity contribution in [3.8, 4) is 11.5 Å². The van der Waals surface area contributed by atoms with Crippen molar-refractivity contribution in [2.75, 3.05) is 19.9 Å². The molecule has 1 fully saturated rings. The van der Waals surface area contributed by atoms with E-state index in [1.54, 1.807) is 0 Å². The van der Waals surface area contributed by atoms with Crippen LogP contribution in [-0.2, 0) is 6.42 Å². The molecule has 0 aromatic heterocycles. The van der Waals surface area contributed by atoms with Gasteiger partial charge in [-0.05, 0) is 56.3 Å². The summed E-state index contributed by atoms with van der Waals surface area (Å²) in [6, 6.07) is 4.16. The summed E-state index contributed by atoms with van der Waals surface area (Å²) >= 11 is 3.67. The van der Waals surface area contributed by atoms with E-state index in [2.05, 4.69) is 39.0 Å². The first-order chi connectivity index (χ1) is 10.3. The van der Waals surface area contributed by atoms with Gasteiger partial charge >= 0.3 is 0 Å². The molecule has 0 bridgehead atoms. The number of fused-ring (bicyclic) bond motifs is 1. The highest BCUT2D eigenvalue weighted by molar-refractivity contribution is 9.10. The van der Waals surface area contributed by atoms with E-state index in [-0.39, 0.29) is 0 Å². The number of allylic oxidation sites excluding steroid dienone is 1. The van der Waals surface area contributed by atoms with Gasteiger partial charge < -0.3 is 9.47 Å². The van der Waals surface area contributed by atoms with Gasteiger partial charge in [0.1, 0.15) is 0 Å². The van der Waals surface area contributed by atoms with Crippen LogP contribution in [0.2, 0.25) is 0 Å². The first kappa shape index (κ1) is 13.6. The standard InChI is InChI=1S/C17H20BrNO2/c18-14-11-16-15(20-12-21-16)10-13(14)4-9-19-8-3-7-17(19)5-1-2-6-17/h1,5,10-11H,2-4,6-9,12H2/t17-/m1/s1. The Kier molecular flexibility index (Phi) is 3.46. The van der Waals surface area contributed by atoms with Gasteiger partial charge in [0.2, 0.25) is 6.79 Å². The van der Waals surface area contributed by atoms with E-state index in [4.69, 9.17) is 9.47 Å². The molecule has 0 radical (unpaired) electrons. The minimum Gasteiger partial charge on any atom is -0.454 e. The lowest BCUT2D eigenvalue weighted by atomic mass is 9.95. The van der Waals surface area contributed by atoms with Crippen LogP contribution in [0.4, 0.5) is 0 Å². The van der Waals surface area contributed by atoms with Crippen LogP contribution in [0.5, 0.6) is 11.5 Å². The van der Waals surface area contributed by atoms with Gasteiger partial charge in [-0.25, -0.2) is 0 Å². The van der Waals surface area contributed by atoms with Crippen molar-refractivity contribution in [3.05, 3.63) is 34.3 Å². The molecule has 1 saturated heterocycles. The fraction of sp³-hybridized carbons (Fsp3) is 0.529. The lowest BCUT2D eigenvalue weighted by Crippen LogP contribution is -2.41. The van der Waals surface area contributed by atoms with E-state index in [1.165, 1.54) is 37.8 Å². The Morgan fingerprint density at radius 2 is 2.05 bits per heavy atom. The number of rotatable bonds is 3. The fourth-order valence-electron chi connectivity index (χ4n) is 3.89. The highest BCUT2D eigenvalue weighted by Crippen LogP contribution is 2.40. The number of ether oxygens (including phenoxy) is 2. The Balaban J connectivity index is 1.48. The first-order valence-corrected chi connectivity index (χ1v) is 8.57. The molecule has 112 valence electrons. The van der Waals surface area contributed by atoms with Gasteiger partial charge in [0, 0.05) is 16.6 Å². The smallest absolute Gasteiger partial charge is 0.231 e. The Labute approximate surface area is 134 Å². The van der Waals surface area contributed by atoms with Crippen LogP contribution in [0.1, 0.15) is 31.2 Å². The molecule has 0 saturated carbocycles. The number of halogens is 1. The molecule has 0 amide bonds. The van der Waals surface area contributed by atoms with Crippen LogP contribution in [0.15, 0.2) is 28.8 Å². The molecule has 1 aromatic carbocycles. The average molecular weight is 350 g/mol. The Morgan fingerprint density at radius 3 is 2.86 bits per heavy atom. The predicted octanol–water partition coefficient (Wildman–Crippen LogP) is 3.90. The van der Waals surface area contributed by atoms with E-state index in [0.29, 0.717) is 12.3 Å². The number of hydrogen-bond donors (Lipinski definition) is 0. The molecule has 2 heterocycles. The zero-order valence-electron chi connectivity index (χ0n) is 12.1. The summed E-state index contributed by atoms with van der Waals surface area (Å²) in [5.41, 5.74) is 1.67. The van der Waals surface area contributed by atoms with Crippen molar-refractivity contribution in [2.45, 2.75) is 37.6 Å². The Morgan fingerprint density at radius 1 is 1.19 bits per heavy atom. The molecule has 4 heteroatoms. The molecule has 4 rings (SSSR count). The summed E-state index contributed by atoms with van der Waals surface area (Å²) in [6.45, 7) is 2.68. The van der Waals surface area contributed by atoms with Crippen molar-refractivity contribution >= 4 is 15.9 Å². The zero-order chi connectivity index (χ0) is 14.3. The van der Waals surface area contributed by atoms with Crippen LogP contribution in [0.25, 0.3) is 0 Å². The van der Waals surface area contributed by atoms with E-state index < -0.39 is 0 Å². The largest absolute Gasteiger partial charge is 0.454 e. The Hall–Kier alpha value is -1.00. The lowest BCUT2D eigenvalue weighted by Gasteiger charge is -2.34. The van der Waals surface area contributed by atoms with Gasteiger partial charge in [-0.3, -0.25) is 4.90 Å². The highest BCUT2D eigenvalue weighted by atomic mass is 79.9. The topological polar surface area (TPSA) is 21.7 Å². The quantitative estimate of drug-likeness (QED) is 0.772. The molecule has 21 heavy (non-hydrogen) atoms. The number of hydrogen-bond acceptors (Lipinski definition) is 3. The maximum absolute atomic E-state index is 5.49. The minimum absolute atomic E-state index is 0.339. The molecule has 2 aliphatic heterocycles. The van der Waals surface area contributed by atoms with Gasteiger partial charge in [-0.1, -0.05) is 28.1 Å². The number of likely N-dealkylation sites (tertiary alicyclic amines) is 1. The van der Waals surface area contributed by atoms with Crippen LogP contribution >= 0.6 is 15.9 Å². The summed E-state index contributed by atoms with van der Waals surface area (Å²) in [6.07, 6.45) is 11.0. The summed E-state index contributed by atoms with van der Waals surface area (Å²) in [4.78, 5) is 2.67. The average Bonchev–Trinajstić information content (AvgIpc) is 3.19. The third kappa shape index (κ3) is 2.38. The third-order valence-corrected chi connectivity index (χ3v) is 5.77. The second kappa shape index (κ2) is 5.33. The first-order valence-electron chi connectivity index (χ1n) is 7.78. The molecule has 1 aromatic rings. The summed E-state index contributed by atoms with van der Waals surface area (Å²) in [5.74, 6) is 1.73. The van der Waals surface area contributed by atoms with Crippen molar-refractivity contribution in [2.24, 2.45) is 0 Å². The fourth-order valence-corrected chi connectivity index (χ4v) is 4.41. The molecular weight excluding hydrogens is 330 g/mol. The lowest BCUT2D eigenvalue weighted by molar-refractivity contribution is 0.174. The second-order valence-electron chi connectivity index (χ2n) is 6.18. The molecule has 3 aliphatic rings. The third-order valence-electron chi connectivity index (χ3n) is 5.03. The Bertz CT molecular complexity index is 586. The minimum atomic E-state index is 0.339. The SMILES string of the molecule is Brc1cc2c(cc1CCN1CCC[C@]13C=CCC3)OCO2. The van der Waals surface area contributed by atoms with Crippen LogP contribution in [0, 0.1) is 0 Å². The molecule has 1 spiro atoms. The maximum atomic E-state index is 5.49. The second-order valence-corrected chi connectivity index (χ2v) is 7.04. The molecule has 1 aliphatic carbocycles. The van der Waals surface area contributed by atoms with Crippen LogP contribution < -0.4 is 9.47 Å². The van der Waals surface area contributed by atoms with E-state index in [9.17, 15) is 0 Å². The summed E-state index contributed by atoms with van der Waals surface area (Å²) < 4.78 is 12.0. The van der Waals surface area contributed by atoms with E-state index in [0.717, 1.165) is 28.9 Å². The van der Waals surface area contributed by atoms with Gasteiger partial charge in [0.25, 0.3) is 0 Å². The monoisotopic (exact) mass is 349 g/mol. The zero-order valence-corrected chi connectivity index (χ0v) is 13.7. The van der Waals surface area contributed by atoms with Gasteiger partial charge in [0.15, 0.2) is 11.5 Å². The molecular formula is C17H20BrNO2. The normalized spacial score (nSPS) is 27.1. The molecule has 1 atom stereocenters. The van der Waals surface area contributed by atoms with Crippen molar-refractivity contribution in [3.63, 3.8) is 0 Å². The van der Waals surface area contributed by atoms with Crippen LogP contribution in [-0.4, -0.2) is 30.3 Å². The molecule has 0 N–H and O–H groups in total. The molecule has 3 nitrogen and oxygen atoms in total. The van der Waals surface area contributed by atoms with Gasteiger partial charge in [-0.15, -0.1) is 0 Å². The number of nitrogens with zero attached hydrogens (tertiary/aromatic N) is 1. The highest BCUT2D eigenvalue weighted by Gasteiger charge is 2.39. The van der Waals surface area contributed by atoms with Crippen molar-refractivity contribution < 1.29 is 9.47 Å². The number of benzene rings is 1. The maximum Gasteiger partial charge on any atom is 0.231 e. The van der Waals surface area contributed by atoms with Gasteiger partial charge in [-0.2, -0.15) is 0 Å². The van der Waals surface area contributed by atoms with E-state index in [1.807, 2.05) is 6.07 Å².